The quantitative estimate of drug-likeness (QED) is 0.850. The number of hydrogen-bond donors (Lipinski definition) is 1. The minimum Gasteiger partial charge on any atom is -0.380 e. The Morgan fingerprint density at radius 1 is 1.50 bits per heavy atom. The summed E-state index contributed by atoms with van der Waals surface area (Å²) < 4.78 is 5.39. The highest BCUT2D eigenvalue weighted by atomic mass is 32.1. The molecule has 1 saturated carbocycles. The molecule has 1 aliphatic carbocycles. The van der Waals surface area contributed by atoms with E-state index >= 15 is 0 Å². The molecule has 100 valence electrons. The lowest BCUT2D eigenvalue weighted by Gasteiger charge is -2.13. The minimum absolute atomic E-state index is 0.416. The molecule has 2 fully saturated rings. The van der Waals surface area contributed by atoms with E-state index in [9.17, 15) is 0 Å². The third-order valence-electron chi connectivity index (χ3n) is 3.67. The van der Waals surface area contributed by atoms with E-state index in [4.69, 9.17) is 9.72 Å². The van der Waals surface area contributed by atoms with Crippen molar-refractivity contribution in [1.82, 2.24) is 15.2 Å². The Morgan fingerprint density at radius 2 is 2.39 bits per heavy atom. The normalized spacial score (nSPS) is 24.8. The molecule has 0 bridgehead atoms. The molecule has 1 N–H and O–H groups in total. The summed E-state index contributed by atoms with van der Waals surface area (Å²) in [6, 6.07) is 0.762. The molecular formula is C13H21N3OS. The molecule has 5 heteroatoms. The second-order valence-electron chi connectivity index (χ2n) is 5.27. The maximum atomic E-state index is 5.39. The first-order valence-electron chi connectivity index (χ1n) is 6.75. The van der Waals surface area contributed by atoms with Crippen molar-refractivity contribution in [2.45, 2.75) is 44.5 Å². The Kier molecular flexibility index (Phi) is 3.94. The van der Waals surface area contributed by atoms with E-state index in [-0.39, 0.29) is 0 Å². The number of thiazole rings is 1. The van der Waals surface area contributed by atoms with Gasteiger partial charge in [-0.1, -0.05) is 0 Å². The van der Waals surface area contributed by atoms with Gasteiger partial charge in [-0.2, -0.15) is 0 Å². The van der Waals surface area contributed by atoms with Crippen molar-refractivity contribution >= 4 is 11.3 Å². The highest BCUT2D eigenvalue weighted by molar-refractivity contribution is 7.09. The van der Waals surface area contributed by atoms with Crippen LogP contribution in [0.1, 0.15) is 30.0 Å². The Hall–Kier alpha value is -0.490. The first-order valence-corrected chi connectivity index (χ1v) is 7.63. The Morgan fingerprint density at radius 3 is 3.11 bits per heavy atom. The lowest BCUT2D eigenvalue weighted by molar-refractivity contribution is 0.107. The number of aromatic nitrogens is 1. The molecule has 0 spiro atoms. The summed E-state index contributed by atoms with van der Waals surface area (Å²) in [6.45, 7) is 4.09. The van der Waals surface area contributed by atoms with E-state index in [1.807, 2.05) is 0 Å². The fraction of sp³-hybridized carbons (Fsp3) is 0.769. The highest BCUT2D eigenvalue weighted by Crippen LogP contribution is 2.21. The molecule has 1 atom stereocenters. The molecule has 1 saturated heterocycles. The van der Waals surface area contributed by atoms with Crippen molar-refractivity contribution in [3.63, 3.8) is 0 Å². The number of likely N-dealkylation sites (tertiary alicyclic amines) is 1. The summed E-state index contributed by atoms with van der Waals surface area (Å²) >= 11 is 1.78. The zero-order chi connectivity index (χ0) is 12.4. The zero-order valence-corrected chi connectivity index (χ0v) is 11.7. The van der Waals surface area contributed by atoms with E-state index in [1.165, 1.54) is 23.5 Å². The summed E-state index contributed by atoms with van der Waals surface area (Å²) in [5.41, 5.74) is 1.21. The molecule has 2 heterocycles. The number of methoxy groups -OCH3 is 1. The first-order chi connectivity index (χ1) is 8.83. The Balaban J connectivity index is 1.47. The molecular weight excluding hydrogens is 246 g/mol. The smallest absolute Gasteiger partial charge is 0.107 e. The maximum absolute atomic E-state index is 5.39. The van der Waals surface area contributed by atoms with Crippen LogP contribution in [0.4, 0.5) is 0 Å². The van der Waals surface area contributed by atoms with Crippen molar-refractivity contribution in [3.05, 3.63) is 16.1 Å². The number of ether oxygens (including phenoxy) is 1. The topological polar surface area (TPSA) is 37.4 Å². The van der Waals surface area contributed by atoms with Gasteiger partial charge in [0, 0.05) is 44.7 Å². The van der Waals surface area contributed by atoms with Gasteiger partial charge in [-0.05, 0) is 19.3 Å². The molecule has 1 aliphatic heterocycles. The van der Waals surface area contributed by atoms with Gasteiger partial charge in [0.1, 0.15) is 5.01 Å². The second kappa shape index (κ2) is 5.65. The van der Waals surface area contributed by atoms with Gasteiger partial charge in [0.05, 0.1) is 11.8 Å². The van der Waals surface area contributed by atoms with Crippen molar-refractivity contribution in [2.24, 2.45) is 0 Å². The lowest BCUT2D eigenvalue weighted by Crippen LogP contribution is -2.22. The van der Waals surface area contributed by atoms with E-state index in [2.05, 4.69) is 15.6 Å². The molecule has 1 aromatic rings. The number of nitrogens with one attached hydrogen (secondary N) is 1. The van der Waals surface area contributed by atoms with E-state index < -0.39 is 0 Å². The van der Waals surface area contributed by atoms with Crippen LogP contribution >= 0.6 is 11.3 Å². The predicted octanol–water partition coefficient (Wildman–Crippen LogP) is 1.62. The molecule has 2 aliphatic rings. The highest BCUT2D eigenvalue weighted by Gasteiger charge is 2.23. The van der Waals surface area contributed by atoms with Crippen LogP contribution in [0.25, 0.3) is 0 Å². The minimum atomic E-state index is 0.416. The lowest BCUT2D eigenvalue weighted by atomic mass is 10.3. The van der Waals surface area contributed by atoms with Crippen molar-refractivity contribution in [3.8, 4) is 0 Å². The van der Waals surface area contributed by atoms with Crippen molar-refractivity contribution < 1.29 is 4.74 Å². The second-order valence-corrected chi connectivity index (χ2v) is 6.21. The number of hydrogen-bond acceptors (Lipinski definition) is 5. The predicted molar refractivity (Wildman–Crippen MR) is 72.7 cm³/mol. The average Bonchev–Trinajstić information content (AvgIpc) is 2.93. The number of rotatable bonds is 6. The van der Waals surface area contributed by atoms with Gasteiger partial charge in [-0.3, -0.25) is 4.90 Å². The van der Waals surface area contributed by atoms with E-state index in [0.29, 0.717) is 6.10 Å². The summed E-state index contributed by atoms with van der Waals surface area (Å²) in [5, 5.41) is 6.93. The summed E-state index contributed by atoms with van der Waals surface area (Å²) in [6.07, 6.45) is 4.24. The molecule has 4 nitrogen and oxygen atoms in total. The molecule has 0 radical (unpaired) electrons. The van der Waals surface area contributed by atoms with Gasteiger partial charge < -0.3 is 10.1 Å². The molecule has 3 rings (SSSR count). The van der Waals surface area contributed by atoms with E-state index in [1.54, 1.807) is 18.4 Å². The fourth-order valence-electron chi connectivity index (χ4n) is 2.38. The summed E-state index contributed by atoms with van der Waals surface area (Å²) in [5.74, 6) is 0. The SMILES string of the molecule is COC1CCN(Cc2csc(CNC3CC3)n2)C1. The van der Waals surface area contributed by atoms with Gasteiger partial charge >= 0.3 is 0 Å². The average molecular weight is 267 g/mol. The van der Waals surface area contributed by atoms with E-state index in [0.717, 1.165) is 38.6 Å². The Labute approximate surface area is 112 Å². The van der Waals surface area contributed by atoms with Gasteiger partial charge in [0.2, 0.25) is 0 Å². The monoisotopic (exact) mass is 267 g/mol. The number of nitrogens with zero attached hydrogens (tertiary/aromatic N) is 2. The van der Waals surface area contributed by atoms with Crippen LogP contribution in [-0.4, -0.2) is 42.2 Å². The van der Waals surface area contributed by atoms with Crippen LogP contribution in [0.2, 0.25) is 0 Å². The fourth-order valence-corrected chi connectivity index (χ4v) is 3.12. The molecule has 1 aromatic heterocycles. The third-order valence-corrected chi connectivity index (χ3v) is 4.56. The summed E-state index contributed by atoms with van der Waals surface area (Å²) in [7, 11) is 1.80. The van der Waals surface area contributed by atoms with Gasteiger partial charge in [-0.15, -0.1) is 11.3 Å². The standard InChI is InChI=1S/C13H21N3OS/c1-17-12-4-5-16(8-12)7-11-9-18-13(15-11)6-14-10-2-3-10/h9-10,12,14H,2-8H2,1H3. The maximum Gasteiger partial charge on any atom is 0.107 e. The van der Waals surface area contributed by atoms with Crippen LogP contribution in [0.5, 0.6) is 0 Å². The van der Waals surface area contributed by atoms with Crippen LogP contribution in [0, 0.1) is 0 Å². The first kappa shape index (κ1) is 12.5. The molecule has 0 amide bonds. The van der Waals surface area contributed by atoms with Gasteiger partial charge in [-0.25, -0.2) is 4.98 Å². The molecule has 18 heavy (non-hydrogen) atoms. The van der Waals surface area contributed by atoms with Crippen LogP contribution in [-0.2, 0) is 17.8 Å². The van der Waals surface area contributed by atoms with Gasteiger partial charge in [0.15, 0.2) is 0 Å². The summed E-state index contributed by atoms with van der Waals surface area (Å²) in [4.78, 5) is 7.13. The zero-order valence-electron chi connectivity index (χ0n) is 10.9. The molecule has 1 unspecified atom stereocenters. The van der Waals surface area contributed by atoms with Crippen molar-refractivity contribution in [1.29, 1.82) is 0 Å². The van der Waals surface area contributed by atoms with Crippen LogP contribution < -0.4 is 5.32 Å². The molecule has 0 aromatic carbocycles. The van der Waals surface area contributed by atoms with Crippen molar-refractivity contribution in [2.75, 3.05) is 20.2 Å². The Bertz CT molecular complexity index is 391. The third kappa shape index (κ3) is 3.29. The van der Waals surface area contributed by atoms with Gasteiger partial charge in [0.25, 0.3) is 0 Å². The van der Waals surface area contributed by atoms with Crippen LogP contribution in [0.3, 0.4) is 0 Å². The largest absolute Gasteiger partial charge is 0.380 e. The van der Waals surface area contributed by atoms with Crippen LogP contribution in [0.15, 0.2) is 5.38 Å².